The third-order valence-corrected chi connectivity index (χ3v) is 5.80. The lowest BCUT2D eigenvalue weighted by Crippen LogP contribution is -2.31. The van der Waals surface area contributed by atoms with Gasteiger partial charge >= 0.3 is 0 Å². The van der Waals surface area contributed by atoms with Crippen LogP contribution in [0.25, 0.3) is 0 Å². The molecule has 0 saturated carbocycles. The highest BCUT2D eigenvalue weighted by Crippen LogP contribution is 2.23. The molecule has 0 aliphatic carbocycles. The molecule has 1 aliphatic heterocycles. The van der Waals surface area contributed by atoms with E-state index in [1.807, 2.05) is 30.3 Å². The van der Waals surface area contributed by atoms with E-state index in [-0.39, 0.29) is 5.75 Å². The van der Waals surface area contributed by atoms with Gasteiger partial charge in [0.1, 0.15) is 0 Å². The summed E-state index contributed by atoms with van der Waals surface area (Å²) >= 11 is 0. The lowest BCUT2D eigenvalue weighted by molar-refractivity contribution is 0.541. The third kappa shape index (κ3) is 4.58. The summed E-state index contributed by atoms with van der Waals surface area (Å²) in [4.78, 5) is 2.33. The predicted molar refractivity (Wildman–Crippen MR) is 98.6 cm³/mol. The van der Waals surface area contributed by atoms with E-state index in [4.69, 9.17) is 0 Å². The van der Waals surface area contributed by atoms with Crippen LogP contribution in [0.1, 0.15) is 17.5 Å². The van der Waals surface area contributed by atoms with Gasteiger partial charge in [0.05, 0.1) is 5.75 Å². The second-order valence-electron chi connectivity index (χ2n) is 6.53. The maximum Gasteiger partial charge on any atom is 0.215 e. The highest BCUT2D eigenvalue weighted by Gasteiger charge is 2.24. The Balaban J connectivity index is 1.51. The summed E-state index contributed by atoms with van der Waals surface area (Å²) in [5.74, 6) is 0.402. The average Bonchev–Trinajstić information content (AvgIpc) is 3.03. The van der Waals surface area contributed by atoms with E-state index in [0.29, 0.717) is 12.5 Å². The van der Waals surface area contributed by atoms with Crippen LogP contribution in [0.15, 0.2) is 54.6 Å². The maximum atomic E-state index is 12.2. The third-order valence-electron chi connectivity index (χ3n) is 4.48. The number of hydrogen-bond donors (Lipinski definition) is 1. The fraction of sp³-hybridized carbons (Fsp3) is 0.368. The van der Waals surface area contributed by atoms with Gasteiger partial charge in [-0.3, -0.25) is 0 Å². The quantitative estimate of drug-likeness (QED) is 0.876. The molecule has 24 heavy (non-hydrogen) atoms. The molecule has 0 spiro atoms. The van der Waals surface area contributed by atoms with Gasteiger partial charge in [0.25, 0.3) is 0 Å². The summed E-state index contributed by atoms with van der Waals surface area (Å²) in [7, 11) is -3.28. The highest BCUT2D eigenvalue weighted by atomic mass is 32.2. The zero-order chi connectivity index (χ0) is 17.0. The topological polar surface area (TPSA) is 49.4 Å². The maximum absolute atomic E-state index is 12.2. The Hall–Kier alpha value is -1.85. The normalized spacial score (nSPS) is 18.0. The molecule has 2 aromatic rings. The van der Waals surface area contributed by atoms with Gasteiger partial charge in [-0.25, -0.2) is 13.1 Å². The minimum absolute atomic E-state index is 0.0439. The second kappa shape index (κ2) is 7.36. The molecule has 1 atom stereocenters. The Morgan fingerprint density at radius 2 is 1.79 bits per heavy atom. The summed E-state index contributed by atoms with van der Waals surface area (Å²) in [5, 5.41) is 0. The van der Waals surface area contributed by atoms with E-state index < -0.39 is 10.0 Å². The highest BCUT2D eigenvalue weighted by molar-refractivity contribution is 7.88. The van der Waals surface area contributed by atoms with Crippen molar-refractivity contribution in [2.24, 2.45) is 5.92 Å². The van der Waals surface area contributed by atoms with Crippen molar-refractivity contribution < 1.29 is 8.42 Å². The SMILES string of the molecule is Cc1ccc(N2CCC(CNS(=O)(=O)Cc3ccccc3)C2)cc1. The Morgan fingerprint density at radius 1 is 1.08 bits per heavy atom. The predicted octanol–water partition coefficient (Wildman–Crippen LogP) is 2.94. The van der Waals surface area contributed by atoms with Gasteiger partial charge < -0.3 is 4.90 Å². The molecule has 2 aromatic carbocycles. The van der Waals surface area contributed by atoms with Gasteiger partial charge in [-0.15, -0.1) is 0 Å². The Kier molecular flexibility index (Phi) is 5.21. The minimum atomic E-state index is -3.28. The first-order valence-electron chi connectivity index (χ1n) is 8.35. The number of hydrogen-bond acceptors (Lipinski definition) is 3. The van der Waals surface area contributed by atoms with Crippen LogP contribution in [0, 0.1) is 12.8 Å². The summed E-state index contributed by atoms with van der Waals surface area (Å²) < 4.78 is 27.2. The van der Waals surface area contributed by atoms with Crippen molar-refractivity contribution >= 4 is 15.7 Å². The van der Waals surface area contributed by atoms with Gasteiger partial charge in [-0.2, -0.15) is 0 Å². The summed E-state index contributed by atoms with van der Waals surface area (Å²) in [6, 6.07) is 17.8. The van der Waals surface area contributed by atoms with E-state index in [1.54, 1.807) is 0 Å². The van der Waals surface area contributed by atoms with E-state index in [2.05, 4.69) is 40.8 Å². The van der Waals surface area contributed by atoms with Crippen LogP contribution >= 0.6 is 0 Å². The fourth-order valence-electron chi connectivity index (χ4n) is 3.08. The van der Waals surface area contributed by atoms with Crippen molar-refractivity contribution in [3.8, 4) is 0 Å². The molecule has 0 radical (unpaired) electrons. The Labute approximate surface area is 144 Å². The van der Waals surface area contributed by atoms with E-state index >= 15 is 0 Å². The number of sulfonamides is 1. The number of nitrogens with one attached hydrogen (secondary N) is 1. The molecule has 1 heterocycles. The van der Waals surface area contributed by atoms with Crippen LogP contribution in [0.3, 0.4) is 0 Å². The smallest absolute Gasteiger partial charge is 0.215 e. The zero-order valence-corrected chi connectivity index (χ0v) is 14.8. The van der Waals surface area contributed by atoms with Crippen LogP contribution < -0.4 is 9.62 Å². The minimum Gasteiger partial charge on any atom is -0.371 e. The van der Waals surface area contributed by atoms with Crippen molar-refractivity contribution in [2.75, 3.05) is 24.5 Å². The van der Waals surface area contributed by atoms with Gasteiger partial charge in [0.15, 0.2) is 0 Å². The van der Waals surface area contributed by atoms with Crippen molar-refractivity contribution in [3.05, 3.63) is 65.7 Å². The monoisotopic (exact) mass is 344 g/mol. The van der Waals surface area contributed by atoms with Gasteiger partial charge in [0.2, 0.25) is 10.0 Å². The van der Waals surface area contributed by atoms with E-state index in [9.17, 15) is 8.42 Å². The molecule has 0 bridgehead atoms. The number of rotatable bonds is 6. The molecular formula is C19H24N2O2S. The summed E-state index contributed by atoms with van der Waals surface area (Å²) in [6.07, 6.45) is 1.02. The first kappa shape index (κ1) is 17.0. The Bertz CT molecular complexity index is 758. The van der Waals surface area contributed by atoms with Crippen LogP contribution in [0.5, 0.6) is 0 Å². The molecule has 1 saturated heterocycles. The number of anilines is 1. The van der Waals surface area contributed by atoms with Crippen molar-refractivity contribution in [1.82, 2.24) is 4.72 Å². The molecule has 1 unspecified atom stereocenters. The number of aryl methyl sites for hydroxylation is 1. The van der Waals surface area contributed by atoms with Crippen molar-refractivity contribution in [1.29, 1.82) is 0 Å². The molecule has 0 amide bonds. The summed E-state index contributed by atoms with van der Waals surface area (Å²) in [5.41, 5.74) is 3.29. The largest absolute Gasteiger partial charge is 0.371 e. The van der Waals surface area contributed by atoms with Gasteiger partial charge in [-0.1, -0.05) is 48.0 Å². The number of nitrogens with zero attached hydrogens (tertiary/aromatic N) is 1. The molecule has 1 N–H and O–H groups in total. The van der Waals surface area contributed by atoms with Crippen LogP contribution in [-0.4, -0.2) is 28.1 Å². The Morgan fingerprint density at radius 3 is 2.50 bits per heavy atom. The van der Waals surface area contributed by atoms with Gasteiger partial charge in [-0.05, 0) is 37.0 Å². The lowest BCUT2D eigenvalue weighted by atomic mass is 10.1. The molecule has 128 valence electrons. The molecule has 1 fully saturated rings. The first-order chi connectivity index (χ1) is 11.5. The molecule has 3 rings (SSSR count). The molecule has 1 aliphatic rings. The number of benzene rings is 2. The first-order valence-corrected chi connectivity index (χ1v) is 10.00. The van der Waals surface area contributed by atoms with Gasteiger partial charge in [0, 0.05) is 25.3 Å². The molecule has 5 heteroatoms. The molecule has 0 aromatic heterocycles. The zero-order valence-electron chi connectivity index (χ0n) is 14.0. The van der Waals surface area contributed by atoms with E-state index in [1.165, 1.54) is 11.3 Å². The van der Waals surface area contributed by atoms with Crippen LogP contribution in [-0.2, 0) is 15.8 Å². The van der Waals surface area contributed by atoms with Crippen molar-refractivity contribution in [2.45, 2.75) is 19.1 Å². The second-order valence-corrected chi connectivity index (χ2v) is 8.34. The van der Waals surface area contributed by atoms with Crippen LogP contribution in [0.4, 0.5) is 5.69 Å². The fourth-order valence-corrected chi connectivity index (χ4v) is 4.30. The van der Waals surface area contributed by atoms with Crippen molar-refractivity contribution in [3.63, 3.8) is 0 Å². The summed E-state index contributed by atoms with van der Waals surface area (Å²) in [6.45, 7) is 4.47. The van der Waals surface area contributed by atoms with Crippen LogP contribution in [0.2, 0.25) is 0 Å². The van der Waals surface area contributed by atoms with E-state index in [0.717, 1.165) is 25.1 Å². The molecule has 4 nitrogen and oxygen atoms in total. The lowest BCUT2D eigenvalue weighted by Gasteiger charge is -2.19. The standard InChI is InChI=1S/C19H24N2O2S/c1-16-7-9-19(10-8-16)21-12-11-18(14-21)13-20-24(22,23)15-17-5-3-2-4-6-17/h2-10,18,20H,11-15H2,1H3. The molecular weight excluding hydrogens is 320 g/mol. The average molecular weight is 344 g/mol.